The maximum Gasteiger partial charge on any atom is 0.0255 e. The van der Waals surface area contributed by atoms with E-state index in [1.165, 1.54) is 5.54 Å². The molecule has 0 N–H and O–H groups in total. The SMILES string of the molecule is C=C/C=C(Br)\C(P)=C/Cl. The molecular weight excluding hydrogens is 218 g/mol. The van der Waals surface area contributed by atoms with Crippen LogP contribution in [0.1, 0.15) is 0 Å². The Kier molecular flexibility index (Phi) is 5.47. The lowest BCUT2D eigenvalue weighted by Gasteiger charge is -1.92. The summed E-state index contributed by atoms with van der Waals surface area (Å²) in [4.78, 5) is 0. The van der Waals surface area contributed by atoms with Gasteiger partial charge in [-0.1, -0.05) is 40.2 Å². The first-order chi connectivity index (χ1) is 4.22. The van der Waals surface area contributed by atoms with Gasteiger partial charge in [-0.15, -0.1) is 9.24 Å². The molecule has 0 aliphatic heterocycles. The van der Waals surface area contributed by atoms with Crippen molar-refractivity contribution in [1.29, 1.82) is 0 Å². The monoisotopic (exact) mass is 224 g/mol. The highest BCUT2D eigenvalue weighted by Crippen LogP contribution is 2.23. The van der Waals surface area contributed by atoms with Crippen LogP contribution in [0, 0.1) is 0 Å². The Hall–Kier alpha value is 0.420. The summed E-state index contributed by atoms with van der Waals surface area (Å²) in [6.45, 7) is 3.53. The van der Waals surface area contributed by atoms with Crippen molar-refractivity contribution in [3.8, 4) is 0 Å². The molecule has 0 heterocycles. The summed E-state index contributed by atoms with van der Waals surface area (Å²) in [6, 6.07) is 0. The van der Waals surface area contributed by atoms with Gasteiger partial charge in [-0.2, -0.15) is 0 Å². The van der Waals surface area contributed by atoms with Crippen LogP contribution in [0.5, 0.6) is 0 Å². The second-order valence-electron chi connectivity index (χ2n) is 1.31. The first-order valence-electron chi connectivity index (χ1n) is 2.26. The molecule has 0 saturated heterocycles. The lowest BCUT2D eigenvalue weighted by Crippen LogP contribution is -1.65. The summed E-state index contributed by atoms with van der Waals surface area (Å²) in [6.07, 6.45) is 3.51. The molecule has 0 aliphatic carbocycles. The third kappa shape index (κ3) is 3.91. The van der Waals surface area contributed by atoms with Gasteiger partial charge in [0.1, 0.15) is 0 Å². The van der Waals surface area contributed by atoms with E-state index in [4.69, 9.17) is 11.6 Å². The van der Waals surface area contributed by atoms with Crippen molar-refractivity contribution in [1.82, 2.24) is 0 Å². The number of allylic oxidation sites excluding steroid dienone is 4. The molecule has 1 atom stereocenters. The first-order valence-corrected chi connectivity index (χ1v) is 4.07. The van der Waals surface area contributed by atoms with E-state index in [0.29, 0.717) is 0 Å². The number of hydrogen-bond donors (Lipinski definition) is 0. The molecule has 0 aromatic heterocycles. The summed E-state index contributed by atoms with van der Waals surface area (Å²) in [5.74, 6) is 0. The fraction of sp³-hybridized carbons (Fsp3) is 0. The van der Waals surface area contributed by atoms with Gasteiger partial charge in [-0.05, 0) is 11.4 Å². The Labute approximate surface area is 71.0 Å². The van der Waals surface area contributed by atoms with E-state index in [1.54, 1.807) is 6.08 Å². The van der Waals surface area contributed by atoms with Crippen molar-refractivity contribution in [3.63, 3.8) is 0 Å². The van der Waals surface area contributed by atoms with Crippen molar-refractivity contribution in [2.45, 2.75) is 0 Å². The van der Waals surface area contributed by atoms with Gasteiger partial charge in [-0.3, -0.25) is 0 Å². The average molecular weight is 225 g/mol. The van der Waals surface area contributed by atoms with Crippen molar-refractivity contribution < 1.29 is 0 Å². The molecule has 0 nitrogen and oxygen atoms in total. The van der Waals surface area contributed by atoms with E-state index in [1.807, 2.05) is 6.08 Å². The lowest BCUT2D eigenvalue weighted by atomic mass is 10.5. The van der Waals surface area contributed by atoms with Gasteiger partial charge in [0.25, 0.3) is 0 Å². The first kappa shape index (κ1) is 9.42. The minimum atomic E-state index is 0.913. The van der Waals surface area contributed by atoms with E-state index in [0.717, 1.165) is 9.80 Å². The standard InChI is InChI=1S/C6H7BrClP/c1-2-3-5(7)6(9)4-8/h2-4H,1,9H2/b5-3+,6-4+. The molecule has 0 fully saturated rings. The van der Waals surface area contributed by atoms with Gasteiger partial charge < -0.3 is 0 Å². The number of rotatable bonds is 2. The van der Waals surface area contributed by atoms with Crippen LogP contribution in [0.2, 0.25) is 0 Å². The Morgan fingerprint density at radius 3 is 2.56 bits per heavy atom. The van der Waals surface area contributed by atoms with Gasteiger partial charge in [-0.25, -0.2) is 0 Å². The lowest BCUT2D eigenvalue weighted by molar-refractivity contribution is 1.88. The van der Waals surface area contributed by atoms with Gasteiger partial charge >= 0.3 is 0 Å². The van der Waals surface area contributed by atoms with Crippen molar-refractivity contribution in [2.24, 2.45) is 0 Å². The summed E-state index contributed by atoms with van der Waals surface area (Å²) in [5.41, 5.74) is 1.48. The molecule has 3 heteroatoms. The maximum atomic E-state index is 5.39. The fourth-order valence-corrected chi connectivity index (χ4v) is 0.899. The quantitative estimate of drug-likeness (QED) is 0.499. The fourth-order valence-electron chi connectivity index (χ4n) is 0.252. The maximum absolute atomic E-state index is 5.39. The van der Waals surface area contributed by atoms with E-state index in [9.17, 15) is 0 Å². The molecule has 0 saturated carbocycles. The molecule has 9 heavy (non-hydrogen) atoms. The minimum absolute atomic E-state index is 0.913. The Morgan fingerprint density at radius 2 is 2.22 bits per heavy atom. The second-order valence-corrected chi connectivity index (χ2v) is 3.01. The average Bonchev–Trinajstić information content (AvgIpc) is 1.87. The molecule has 0 spiro atoms. The molecule has 0 aliphatic rings. The third-order valence-corrected chi connectivity index (χ3v) is 2.73. The highest BCUT2D eigenvalue weighted by molar-refractivity contribution is 9.12. The highest BCUT2D eigenvalue weighted by Gasteiger charge is 1.89. The molecule has 0 aromatic carbocycles. The molecule has 50 valence electrons. The van der Waals surface area contributed by atoms with Gasteiger partial charge in [0.2, 0.25) is 0 Å². The largest absolute Gasteiger partial charge is 0.103 e. The Bertz CT molecular complexity index is 160. The van der Waals surface area contributed by atoms with E-state index in [2.05, 4.69) is 31.7 Å². The van der Waals surface area contributed by atoms with Crippen LogP contribution < -0.4 is 0 Å². The van der Waals surface area contributed by atoms with Crippen LogP contribution >= 0.6 is 36.8 Å². The predicted octanol–water partition coefficient (Wildman–Crippen LogP) is 3.41. The molecule has 1 unspecified atom stereocenters. The van der Waals surface area contributed by atoms with Crippen LogP contribution in [-0.2, 0) is 0 Å². The second kappa shape index (κ2) is 5.22. The van der Waals surface area contributed by atoms with Crippen LogP contribution in [0.4, 0.5) is 0 Å². The zero-order valence-electron chi connectivity index (χ0n) is 4.77. The van der Waals surface area contributed by atoms with Crippen LogP contribution in [0.3, 0.4) is 0 Å². The zero-order valence-corrected chi connectivity index (χ0v) is 8.27. The third-order valence-electron chi connectivity index (χ3n) is 0.658. The van der Waals surface area contributed by atoms with Gasteiger partial charge in [0.05, 0.1) is 0 Å². The van der Waals surface area contributed by atoms with E-state index in [-0.39, 0.29) is 0 Å². The number of hydrogen-bond acceptors (Lipinski definition) is 0. The molecule has 0 radical (unpaired) electrons. The Balaban J connectivity index is 4.19. The molecule has 0 bridgehead atoms. The minimum Gasteiger partial charge on any atom is -0.103 e. The van der Waals surface area contributed by atoms with Crippen LogP contribution in [-0.4, -0.2) is 0 Å². The molecule has 0 rings (SSSR count). The summed E-state index contributed by atoms with van der Waals surface area (Å²) in [7, 11) is 2.49. The van der Waals surface area contributed by atoms with Crippen molar-refractivity contribution >= 4 is 36.8 Å². The zero-order chi connectivity index (χ0) is 7.28. The highest BCUT2D eigenvalue weighted by atomic mass is 79.9. The summed E-state index contributed by atoms with van der Waals surface area (Å²) >= 11 is 8.67. The smallest absolute Gasteiger partial charge is 0.0255 e. The summed E-state index contributed by atoms with van der Waals surface area (Å²) in [5, 5.41) is 0.913. The molecular formula is C6H7BrClP. The normalized spacial score (nSPS) is 13.7. The summed E-state index contributed by atoms with van der Waals surface area (Å²) < 4.78 is 0.928. The molecule has 0 aromatic rings. The van der Waals surface area contributed by atoms with Gasteiger partial charge in [0, 0.05) is 10.0 Å². The van der Waals surface area contributed by atoms with Crippen molar-refractivity contribution in [2.75, 3.05) is 0 Å². The van der Waals surface area contributed by atoms with Crippen LogP contribution in [0.15, 0.2) is 34.1 Å². The Morgan fingerprint density at radius 1 is 1.67 bits per heavy atom. The van der Waals surface area contributed by atoms with Crippen molar-refractivity contribution in [3.05, 3.63) is 34.1 Å². The van der Waals surface area contributed by atoms with Gasteiger partial charge in [0.15, 0.2) is 0 Å². The van der Waals surface area contributed by atoms with E-state index < -0.39 is 0 Å². The number of halogens is 2. The van der Waals surface area contributed by atoms with Crippen LogP contribution in [0.25, 0.3) is 0 Å². The topological polar surface area (TPSA) is 0 Å². The molecule has 0 amide bonds. The predicted molar refractivity (Wildman–Crippen MR) is 50.9 cm³/mol. The van der Waals surface area contributed by atoms with E-state index >= 15 is 0 Å².